The maximum atomic E-state index is 12.7. The maximum absolute atomic E-state index is 12.7. The molecule has 3 nitrogen and oxygen atoms in total. The van der Waals surface area contributed by atoms with E-state index < -0.39 is 17.6 Å². The van der Waals surface area contributed by atoms with Crippen LogP contribution in [-0.4, -0.2) is 16.8 Å². The summed E-state index contributed by atoms with van der Waals surface area (Å²) >= 11 is 0. The first-order valence-corrected chi connectivity index (χ1v) is 3.50. The third-order valence-corrected chi connectivity index (χ3v) is 1.60. The summed E-state index contributed by atoms with van der Waals surface area (Å²) in [5.74, 6) is -1.14. The summed E-state index contributed by atoms with van der Waals surface area (Å²) in [5, 5.41) is 17.5. The van der Waals surface area contributed by atoms with Crippen molar-refractivity contribution in [3.63, 3.8) is 0 Å². The average molecular weight is 208 g/mol. The quantitative estimate of drug-likeness (QED) is 0.677. The fourth-order valence-corrected chi connectivity index (χ4v) is 0.859. The van der Waals surface area contributed by atoms with Gasteiger partial charge in [0.15, 0.2) is 11.6 Å². The summed E-state index contributed by atoms with van der Waals surface area (Å²) in [4.78, 5) is 0. The van der Waals surface area contributed by atoms with Crippen molar-refractivity contribution in [1.82, 2.24) is 0 Å². The standard InChI is InChI=1S/C8H10FNO2.ClH/c9-6-3-5(7(10)4-11)1-2-8(6)12;/h1-3,7,11-12H,4,10H2;1H/t7-;/m0./s1. The molecule has 1 aromatic rings. The number of aliphatic hydroxyl groups excluding tert-OH is 1. The highest BCUT2D eigenvalue weighted by molar-refractivity contribution is 5.85. The molecule has 0 heterocycles. The first kappa shape index (κ1) is 12.2. The van der Waals surface area contributed by atoms with E-state index in [2.05, 4.69) is 0 Å². The van der Waals surface area contributed by atoms with E-state index in [1.54, 1.807) is 0 Å². The predicted molar refractivity (Wildman–Crippen MR) is 49.3 cm³/mol. The molecular formula is C8H11ClFNO2. The monoisotopic (exact) mass is 207 g/mol. The first-order valence-electron chi connectivity index (χ1n) is 3.50. The van der Waals surface area contributed by atoms with Crippen molar-refractivity contribution in [2.45, 2.75) is 6.04 Å². The van der Waals surface area contributed by atoms with Crippen LogP contribution in [0.1, 0.15) is 11.6 Å². The summed E-state index contributed by atoms with van der Waals surface area (Å²) < 4.78 is 12.7. The van der Waals surface area contributed by atoms with Gasteiger partial charge in [-0.3, -0.25) is 0 Å². The van der Waals surface area contributed by atoms with E-state index in [0.29, 0.717) is 5.56 Å². The van der Waals surface area contributed by atoms with Crippen LogP contribution >= 0.6 is 12.4 Å². The van der Waals surface area contributed by atoms with E-state index in [4.69, 9.17) is 15.9 Å². The van der Waals surface area contributed by atoms with Crippen LogP contribution < -0.4 is 5.73 Å². The maximum Gasteiger partial charge on any atom is 0.165 e. The Hall–Kier alpha value is -0.840. The zero-order chi connectivity index (χ0) is 9.14. The van der Waals surface area contributed by atoms with E-state index >= 15 is 0 Å². The summed E-state index contributed by atoms with van der Waals surface area (Å²) in [5.41, 5.74) is 5.88. The molecule has 0 saturated heterocycles. The van der Waals surface area contributed by atoms with E-state index in [0.717, 1.165) is 6.07 Å². The molecule has 5 heteroatoms. The van der Waals surface area contributed by atoms with Crippen LogP contribution in [-0.2, 0) is 0 Å². The number of hydrogen-bond donors (Lipinski definition) is 3. The topological polar surface area (TPSA) is 66.5 Å². The number of benzene rings is 1. The highest BCUT2D eigenvalue weighted by Crippen LogP contribution is 2.19. The van der Waals surface area contributed by atoms with E-state index in [9.17, 15) is 4.39 Å². The number of rotatable bonds is 2. The molecule has 0 spiro atoms. The lowest BCUT2D eigenvalue weighted by Gasteiger charge is -2.08. The van der Waals surface area contributed by atoms with Gasteiger partial charge in [-0.2, -0.15) is 0 Å². The van der Waals surface area contributed by atoms with Crippen LogP contribution in [0, 0.1) is 5.82 Å². The van der Waals surface area contributed by atoms with Crippen molar-refractivity contribution in [2.24, 2.45) is 5.73 Å². The Labute approximate surface area is 81.4 Å². The lowest BCUT2D eigenvalue weighted by atomic mass is 10.1. The molecule has 0 fully saturated rings. The molecule has 0 aromatic heterocycles. The second kappa shape index (κ2) is 5.01. The van der Waals surface area contributed by atoms with Crippen molar-refractivity contribution in [3.05, 3.63) is 29.6 Å². The summed E-state index contributed by atoms with van der Waals surface area (Å²) in [6, 6.07) is 3.19. The Balaban J connectivity index is 0.00000144. The van der Waals surface area contributed by atoms with Crippen molar-refractivity contribution in [3.8, 4) is 5.75 Å². The highest BCUT2D eigenvalue weighted by atomic mass is 35.5. The van der Waals surface area contributed by atoms with Crippen molar-refractivity contribution in [1.29, 1.82) is 0 Å². The molecule has 13 heavy (non-hydrogen) atoms. The van der Waals surface area contributed by atoms with Crippen LogP contribution in [0.4, 0.5) is 4.39 Å². The Morgan fingerprint density at radius 2 is 2.08 bits per heavy atom. The molecule has 0 amide bonds. The predicted octanol–water partition coefficient (Wildman–Crippen LogP) is 0.945. The van der Waals surface area contributed by atoms with Gasteiger partial charge in [-0.1, -0.05) is 6.07 Å². The van der Waals surface area contributed by atoms with Crippen LogP contribution in [0.2, 0.25) is 0 Å². The zero-order valence-corrected chi connectivity index (χ0v) is 7.59. The minimum absolute atomic E-state index is 0. The van der Waals surface area contributed by atoms with Crippen LogP contribution in [0.5, 0.6) is 5.75 Å². The Kier molecular flexibility index (Phi) is 4.69. The Bertz CT molecular complexity index is 283. The molecule has 0 aliphatic heterocycles. The molecule has 1 atom stereocenters. The number of aliphatic hydroxyl groups is 1. The molecule has 4 N–H and O–H groups in total. The van der Waals surface area contributed by atoms with Gasteiger partial charge in [-0.15, -0.1) is 12.4 Å². The smallest absolute Gasteiger partial charge is 0.165 e. The zero-order valence-electron chi connectivity index (χ0n) is 6.77. The van der Waals surface area contributed by atoms with Crippen LogP contribution in [0.25, 0.3) is 0 Å². The lowest BCUT2D eigenvalue weighted by Crippen LogP contribution is -2.14. The largest absolute Gasteiger partial charge is 0.505 e. The molecule has 0 aliphatic carbocycles. The Morgan fingerprint density at radius 3 is 2.54 bits per heavy atom. The van der Waals surface area contributed by atoms with Gasteiger partial charge in [0.25, 0.3) is 0 Å². The normalized spacial score (nSPS) is 11.9. The van der Waals surface area contributed by atoms with Crippen molar-refractivity contribution in [2.75, 3.05) is 6.61 Å². The second-order valence-electron chi connectivity index (χ2n) is 2.50. The van der Waals surface area contributed by atoms with Gasteiger partial charge in [0.1, 0.15) is 0 Å². The summed E-state index contributed by atoms with van der Waals surface area (Å²) in [6.07, 6.45) is 0. The third-order valence-electron chi connectivity index (χ3n) is 1.60. The minimum atomic E-state index is -0.726. The highest BCUT2D eigenvalue weighted by Gasteiger charge is 2.07. The SMILES string of the molecule is Cl.N[C@@H](CO)c1ccc(O)c(F)c1. The number of phenolic OH excluding ortho intramolecular Hbond substituents is 1. The number of nitrogens with two attached hydrogens (primary N) is 1. The van der Waals surface area contributed by atoms with E-state index in [1.165, 1.54) is 12.1 Å². The van der Waals surface area contributed by atoms with E-state index in [-0.39, 0.29) is 19.0 Å². The van der Waals surface area contributed by atoms with Gasteiger partial charge in [0.2, 0.25) is 0 Å². The van der Waals surface area contributed by atoms with Gasteiger partial charge >= 0.3 is 0 Å². The van der Waals surface area contributed by atoms with Crippen molar-refractivity contribution >= 4 is 12.4 Å². The van der Waals surface area contributed by atoms with Gasteiger partial charge in [-0.25, -0.2) is 4.39 Å². The fourth-order valence-electron chi connectivity index (χ4n) is 0.859. The molecule has 0 aliphatic rings. The summed E-state index contributed by atoms with van der Waals surface area (Å²) in [6.45, 7) is -0.246. The fraction of sp³-hybridized carbons (Fsp3) is 0.250. The molecule has 0 unspecified atom stereocenters. The van der Waals surface area contributed by atoms with Crippen LogP contribution in [0.3, 0.4) is 0 Å². The number of hydrogen-bond acceptors (Lipinski definition) is 3. The molecule has 0 bridgehead atoms. The van der Waals surface area contributed by atoms with Gasteiger partial charge in [0, 0.05) is 0 Å². The molecule has 0 radical (unpaired) electrons. The lowest BCUT2D eigenvalue weighted by molar-refractivity contribution is 0.267. The number of aromatic hydroxyl groups is 1. The summed E-state index contributed by atoms with van der Waals surface area (Å²) in [7, 11) is 0. The molecule has 74 valence electrons. The second-order valence-corrected chi connectivity index (χ2v) is 2.50. The third kappa shape index (κ3) is 2.84. The average Bonchev–Trinajstić information content (AvgIpc) is 2.08. The number of halogens is 2. The molecule has 1 aromatic carbocycles. The Morgan fingerprint density at radius 1 is 1.46 bits per heavy atom. The molecular weight excluding hydrogens is 197 g/mol. The minimum Gasteiger partial charge on any atom is -0.505 e. The van der Waals surface area contributed by atoms with Gasteiger partial charge in [0.05, 0.1) is 12.6 Å². The van der Waals surface area contributed by atoms with Gasteiger partial charge < -0.3 is 15.9 Å². The molecule has 0 saturated carbocycles. The van der Waals surface area contributed by atoms with Gasteiger partial charge in [-0.05, 0) is 17.7 Å². The first-order chi connectivity index (χ1) is 5.65. The van der Waals surface area contributed by atoms with Crippen molar-refractivity contribution < 1.29 is 14.6 Å². The molecule has 1 rings (SSSR count). The van der Waals surface area contributed by atoms with Crippen LogP contribution in [0.15, 0.2) is 18.2 Å². The number of phenols is 1. The van der Waals surface area contributed by atoms with E-state index in [1.807, 2.05) is 0 Å².